The molecular weight excluding hydrogens is 391 g/mol. The van der Waals surface area contributed by atoms with Crippen molar-refractivity contribution in [2.75, 3.05) is 33.2 Å². The lowest BCUT2D eigenvalue weighted by molar-refractivity contribution is 0.286. The number of hydrogen-bond acceptors (Lipinski definition) is 7. The highest BCUT2D eigenvalue weighted by Gasteiger charge is 2.34. The molecule has 0 aliphatic rings. The van der Waals surface area contributed by atoms with Crippen LogP contribution in [0, 0.1) is 0 Å². The summed E-state index contributed by atoms with van der Waals surface area (Å²) in [6.07, 6.45) is 1.21. The average molecular weight is 416 g/mol. The van der Waals surface area contributed by atoms with Crippen molar-refractivity contribution in [2.45, 2.75) is 12.8 Å². The van der Waals surface area contributed by atoms with Gasteiger partial charge in [-0.1, -0.05) is 42.5 Å². The fourth-order valence-corrected chi connectivity index (χ4v) is 3.96. The van der Waals surface area contributed by atoms with Crippen molar-refractivity contribution in [1.29, 1.82) is 0 Å². The summed E-state index contributed by atoms with van der Waals surface area (Å²) < 4.78 is 34.2. The van der Waals surface area contributed by atoms with Gasteiger partial charge in [0.15, 0.2) is 0 Å². The number of anilines is 1. The predicted octanol–water partition coefficient (Wildman–Crippen LogP) is 4.04. The third kappa shape index (κ3) is 5.26. The minimum atomic E-state index is -3.57. The molecule has 0 unspecified atom stereocenters. The van der Waals surface area contributed by atoms with E-state index in [4.69, 9.17) is 18.2 Å². The van der Waals surface area contributed by atoms with Crippen molar-refractivity contribution in [3.63, 3.8) is 0 Å². The molecule has 0 spiro atoms. The number of aromatic nitrogens is 1. The zero-order chi connectivity index (χ0) is 20.7. The van der Waals surface area contributed by atoms with Crippen LogP contribution in [0.1, 0.15) is 17.0 Å². The number of hydrogen-bond donors (Lipinski definition) is 1. The van der Waals surface area contributed by atoms with Crippen LogP contribution in [-0.4, -0.2) is 32.9 Å². The normalized spacial score (nSPS) is 11.4. The van der Waals surface area contributed by atoms with Gasteiger partial charge in [0.05, 0.1) is 7.11 Å². The molecule has 3 rings (SSSR count). The Bertz CT molecular complexity index is 949. The van der Waals surface area contributed by atoms with Gasteiger partial charge in [-0.05, 0) is 29.7 Å². The minimum Gasteiger partial charge on any atom is -0.497 e. The van der Waals surface area contributed by atoms with E-state index in [1.165, 1.54) is 19.8 Å². The minimum absolute atomic E-state index is 0.152. The Balaban J connectivity index is 1.79. The van der Waals surface area contributed by atoms with Gasteiger partial charge in [0.2, 0.25) is 17.2 Å². The quantitative estimate of drug-likeness (QED) is 0.500. The Hall–Kier alpha value is -2.60. The molecular formula is C21H25N2O5P. The summed E-state index contributed by atoms with van der Waals surface area (Å²) in [4.78, 5) is 4.41. The molecule has 1 aromatic heterocycles. The van der Waals surface area contributed by atoms with Crippen molar-refractivity contribution in [3.8, 4) is 5.75 Å². The Morgan fingerprint density at radius 3 is 2.28 bits per heavy atom. The highest BCUT2D eigenvalue weighted by Crippen LogP contribution is 2.47. The topological polar surface area (TPSA) is 82.8 Å². The lowest BCUT2D eigenvalue weighted by Gasteiger charge is -2.12. The van der Waals surface area contributed by atoms with Gasteiger partial charge in [-0.2, -0.15) is 0 Å². The number of methoxy groups -OCH3 is 1. The van der Waals surface area contributed by atoms with Gasteiger partial charge < -0.3 is 23.5 Å². The lowest BCUT2D eigenvalue weighted by Crippen LogP contribution is -2.16. The van der Waals surface area contributed by atoms with Crippen LogP contribution >= 0.6 is 7.60 Å². The zero-order valence-corrected chi connectivity index (χ0v) is 17.6. The summed E-state index contributed by atoms with van der Waals surface area (Å²) >= 11 is 0. The fraction of sp³-hybridized carbons (Fsp3) is 0.286. The van der Waals surface area contributed by atoms with Crippen molar-refractivity contribution in [1.82, 2.24) is 4.98 Å². The van der Waals surface area contributed by atoms with Gasteiger partial charge >= 0.3 is 7.60 Å². The maximum atomic E-state index is 12.9. The third-order valence-electron chi connectivity index (χ3n) is 4.45. The van der Waals surface area contributed by atoms with E-state index in [2.05, 4.69) is 10.3 Å². The fourth-order valence-electron chi connectivity index (χ4n) is 2.86. The zero-order valence-electron chi connectivity index (χ0n) is 16.8. The smallest absolute Gasteiger partial charge is 0.384 e. The summed E-state index contributed by atoms with van der Waals surface area (Å²) in [5.41, 5.74) is 2.32. The molecule has 1 heterocycles. The summed E-state index contributed by atoms with van der Waals surface area (Å²) in [6.45, 7) is 0.585. The van der Waals surface area contributed by atoms with E-state index in [9.17, 15) is 4.57 Å². The molecule has 0 amide bonds. The van der Waals surface area contributed by atoms with E-state index >= 15 is 0 Å². The first-order valence-electron chi connectivity index (χ1n) is 9.20. The molecule has 0 aliphatic carbocycles. The first kappa shape index (κ1) is 21.1. The van der Waals surface area contributed by atoms with E-state index < -0.39 is 7.60 Å². The van der Waals surface area contributed by atoms with Crippen molar-refractivity contribution in [2.24, 2.45) is 0 Å². The van der Waals surface area contributed by atoms with Gasteiger partial charge in [0, 0.05) is 27.2 Å². The maximum absolute atomic E-state index is 12.9. The first-order valence-corrected chi connectivity index (χ1v) is 10.7. The molecule has 0 fully saturated rings. The highest BCUT2D eigenvalue weighted by atomic mass is 31.2. The Labute approximate surface area is 170 Å². The second-order valence-corrected chi connectivity index (χ2v) is 8.46. The maximum Gasteiger partial charge on any atom is 0.384 e. The van der Waals surface area contributed by atoms with E-state index in [0.29, 0.717) is 24.7 Å². The summed E-state index contributed by atoms with van der Waals surface area (Å²) in [5.74, 6) is 1.49. The third-order valence-corrected chi connectivity index (χ3v) is 6.23. The standard InChI is InChI=1S/C21H25N2O5P/c1-25-18-11-9-17(10-12-18)15-19-23-21(29(24,26-2)27-3)20(28-19)22-14-13-16-7-5-4-6-8-16/h4-12,22H,13-15H2,1-3H3. The Kier molecular flexibility index (Phi) is 7.09. The molecule has 0 saturated heterocycles. The number of rotatable bonds is 10. The lowest BCUT2D eigenvalue weighted by atomic mass is 10.1. The average Bonchev–Trinajstić information content (AvgIpc) is 3.17. The highest BCUT2D eigenvalue weighted by molar-refractivity contribution is 7.62. The molecule has 8 heteroatoms. The number of nitrogens with one attached hydrogen (secondary N) is 1. The van der Waals surface area contributed by atoms with Crippen LogP contribution in [0.15, 0.2) is 59.0 Å². The Morgan fingerprint density at radius 2 is 1.66 bits per heavy atom. The number of nitrogens with zero attached hydrogens (tertiary/aromatic N) is 1. The van der Waals surface area contributed by atoms with Gasteiger partial charge in [0.1, 0.15) is 5.75 Å². The monoisotopic (exact) mass is 416 g/mol. The van der Waals surface area contributed by atoms with E-state index in [0.717, 1.165) is 17.7 Å². The van der Waals surface area contributed by atoms with Gasteiger partial charge in [-0.3, -0.25) is 4.57 Å². The summed E-state index contributed by atoms with van der Waals surface area (Å²) in [7, 11) is 0.712. The largest absolute Gasteiger partial charge is 0.497 e. The summed E-state index contributed by atoms with van der Waals surface area (Å²) in [6, 6.07) is 17.7. The van der Waals surface area contributed by atoms with Crippen LogP contribution < -0.4 is 15.5 Å². The van der Waals surface area contributed by atoms with Gasteiger partial charge in [0.25, 0.3) is 0 Å². The van der Waals surface area contributed by atoms with Crippen LogP contribution in [0.5, 0.6) is 5.75 Å². The Morgan fingerprint density at radius 1 is 0.966 bits per heavy atom. The van der Waals surface area contributed by atoms with Crippen LogP contribution in [0.3, 0.4) is 0 Å². The molecule has 7 nitrogen and oxygen atoms in total. The van der Waals surface area contributed by atoms with Crippen LogP contribution in [-0.2, 0) is 26.5 Å². The number of ether oxygens (including phenoxy) is 1. The second kappa shape index (κ2) is 9.74. The molecule has 29 heavy (non-hydrogen) atoms. The molecule has 0 aliphatic heterocycles. The van der Waals surface area contributed by atoms with E-state index in [1.807, 2.05) is 54.6 Å². The number of oxazole rings is 1. The first-order chi connectivity index (χ1) is 14.1. The van der Waals surface area contributed by atoms with Crippen molar-refractivity contribution in [3.05, 3.63) is 71.6 Å². The van der Waals surface area contributed by atoms with E-state index in [-0.39, 0.29) is 5.44 Å². The van der Waals surface area contributed by atoms with Crippen molar-refractivity contribution < 1.29 is 22.8 Å². The molecule has 0 atom stereocenters. The molecule has 3 aromatic rings. The molecule has 0 bridgehead atoms. The molecule has 1 N–H and O–H groups in total. The second-order valence-electron chi connectivity index (χ2n) is 6.31. The molecule has 154 valence electrons. The SMILES string of the molecule is COc1ccc(Cc2nc(P(=O)(OC)OC)c(NCCc3ccccc3)o2)cc1. The molecule has 2 aromatic carbocycles. The van der Waals surface area contributed by atoms with Crippen LogP contribution in [0.25, 0.3) is 0 Å². The van der Waals surface area contributed by atoms with Gasteiger partial charge in [-0.15, -0.1) is 0 Å². The molecule has 0 saturated carbocycles. The van der Waals surface area contributed by atoms with Gasteiger partial charge in [-0.25, -0.2) is 4.98 Å². The van der Waals surface area contributed by atoms with Crippen LogP contribution in [0.2, 0.25) is 0 Å². The van der Waals surface area contributed by atoms with Crippen LogP contribution in [0.4, 0.5) is 5.88 Å². The summed E-state index contributed by atoms with van der Waals surface area (Å²) in [5, 5.41) is 3.18. The van der Waals surface area contributed by atoms with Crippen molar-refractivity contribution >= 4 is 18.9 Å². The van der Waals surface area contributed by atoms with E-state index in [1.54, 1.807) is 7.11 Å². The predicted molar refractivity (Wildman–Crippen MR) is 112 cm³/mol. The number of benzene rings is 2. The molecule has 0 radical (unpaired) electrons.